The number of rotatable bonds is 9. The van der Waals surface area contributed by atoms with E-state index in [2.05, 4.69) is 5.92 Å². The highest BCUT2D eigenvalue weighted by molar-refractivity contribution is 5.75. The summed E-state index contributed by atoms with van der Waals surface area (Å²) in [4.78, 5) is 11.3. The smallest absolute Gasteiger partial charge is 0.310 e. The van der Waals surface area contributed by atoms with Gasteiger partial charge in [-0.15, -0.1) is 12.3 Å². The average Bonchev–Trinajstić information content (AvgIpc) is 2.42. The molecular weight excluding hydrogens is 236 g/mol. The number of carbonyl (C=O) groups is 1. The Labute approximate surface area is 115 Å². The molecule has 0 aliphatic carbocycles. The maximum atomic E-state index is 11.3. The van der Waals surface area contributed by atoms with Crippen molar-refractivity contribution in [3.05, 3.63) is 35.9 Å². The summed E-state index contributed by atoms with van der Waals surface area (Å²) in [5.41, 5.74) is 0.905. The maximum absolute atomic E-state index is 11.3. The van der Waals surface area contributed by atoms with E-state index in [1.54, 1.807) is 0 Å². The van der Waals surface area contributed by atoms with Crippen LogP contribution in [0.1, 0.15) is 56.4 Å². The highest BCUT2D eigenvalue weighted by atomic mass is 16.4. The maximum Gasteiger partial charge on any atom is 0.310 e. The molecule has 1 aromatic carbocycles. The zero-order chi connectivity index (χ0) is 13.9. The van der Waals surface area contributed by atoms with Crippen molar-refractivity contribution in [1.29, 1.82) is 0 Å². The summed E-state index contributed by atoms with van der Waals surface area (Å²) in [7, 11) is 0. The molecule has 0 aliphatic heterocycles. The minimum Gasteiger partial charge on any atom is -0.481 e. The Morgan fingerprint density at radius 3 is 2.37 bits per heavy atom. The van der Waals surface area contributed by atoms with Crippen LogP contribution in [0, 0.1) is 12.3 Å². The van der Waals surface area contributed by atoms with Crippen LogP contribution in [-0.4, -0.2) is 11.1 Å². The van der Waals surface area contributed by atoms with Gasteiger partial charge in [0.2, 0.25) is 0 Å². The summed E-state index contributed by atoms with van der Waals surface area (Å²) in [6.45, 7) is 0. The van der Waals surface area contributed by atoms with E-state index in [1.165, 1.54) is 0 Å². The van der Waals surface area contributed by atoms with Crippen LogP contribution in [-0.2, 0) is 4.79 Å². The van der Waals surface area contributed by atoms with Crippen LogP contribution in [0.4, 0.5) is 0 Å². The molecule has 0 heterocycles. The number of carboxylic acids is 1. The number of terminal acetylenes is 1. The standard InChI is InChI=1S/C17H22O2/c1-2-3-4-5-6-7-11-14-16(17(18)19)15-12-9-8-10-13-15/h1,8-10,12-13,16H,3-7,11,14H2,(H,18,19). The molecule has 1 rings (SSSR count). The lowest BCUT2D eigenvalue weighted by Gasteiger charge is -2.12. The Morgan fingerprint density at radius 2 is 1.74 bits per heavy atom. The van der Waals surface area contributed by atoms with Crippen LogP contribution in [0.3, 0.4) is 0 Å². The van der Waals surface area contributed by atoms with Gasteiger partial charge in [-0.2, -0.15) is 0 Å². The van der Waals surface area contributed by atoms with Gasteiger partial charge in [0.1, 0.15) is 0 Å². The van der Waals surface area contributed by atoms with Gasteiger partial charge in [-0.05, 0) is 18.4 Å². The van der Waals surface area contributed by atoms with Crippen molar-refractivity contribution in [3.8, 4) is 12.3 Å². The second kappa shape index (κ2) is 9.22. The van der Waals surface area contributed by atoms with Crippen LogP contribution < -0.4 is 0 Å². The topological polar surface area (TPSA) is 37.3 Å². The van der Waals surface area contributed by atoms with Crippen LogP contribution in [0.2, 0.25) is 0 Å². The SMILES string of the molecule is C#CCCCCCCCC(C(=O)O)c1ccccc1. The van der Waals surface area contributed by atoms with Gasteiger partial charge >= 0.3 is 5.97 Å². The van der Waals surface area contributed by atoms with Gasteiger partial charge < -0.3 is 5.11 Å². The monoisotopic (exact) mass is 258 g/mol. The number of unbranched alkanes of at least 4 members (excludes halogenated alkanes) is 5. The molecule has 0 saturated heterocycles. The van der Waals surface area contributed by atoms with E-state index in [1.807, 2.05) is 30.3 Å². The largest absolute Gasteiger partial charge is 0.481 e. The van der Waals surface area contributed by atoms with Crippen LogP contribution in [0.25, 0.3) is 0 Å². The second-order valence-corrected chi connectivity index (χ2v) is 4.81. The highest BCUT2D eigenvalue weighted by Gasteiger charge is 2.18. The van der Waals surface area contributed by atoms with Gasteiger partial charge in [0, 0.05) is 6.42 Å². The Balaban J connectivity index is 2.28. The van der Waals surface area contributed by atoms with E-state index in [9.17, 15) is 9.90 Å². The highest BCUT2D eigenvalue weighted by Crippen LogP contribution is 2.23. The number of carboxylic acid groups (broad SMARTS) is 1. The molecule has 19 heavy (non-hydrogen) atoms. The van der Waals surface area contributed by atoms with E-state index < -0.39 is 5.97 Å². The third kappa shape index (κ3) is 6.10. The molecule has 2 nitrogen and oxygen atoms in total. The minimum absolute atomic E-state index is 0.369. The average molecular weight is 258 g/mol. The van der Waals surface area contributed by atoms with Crippen LogP contribution >= 0.6 is 0 Å². The first-order valence-corrected chi connectivity index (χ1v) is 6.97. The first kappa shape index (κ1) is 15.3. The van der Waals surface area contributed by atoms with Gasteiger partial charge in [0.15, 0.2) is 0 Å². The number of benzene rings is 1. The first-order chi connectivity index (χ1) is 9.25. The predicted octanol–water partition coefficient (Wildman–Crippen LogP) is 4.22. The molecule has 102 valence electrons. The lowest BCUT2D eigenvalue weighted by molar-refractivity contribution is -0.139. The summed E-state index contributed by atoms with van der Waals surface area (Å²) < 4.78 is 0. The van der Waals surface area contributed by atoms with Gasteiger partial charge in [-0.1, -0.05) is 56.0 Å². The lowest BCUT2D eigenvalue weighted by atomic mass is 9.93. The Morgan fingerprint density at radius 1 is 1.11 bits per heavy atom. The van der Waals surface area contributed by atoms with E-state index in [0.29, 0.717) is 6.42 Å². The van der Waals surface area contributed by atoms with Gasteiger partial charge in [0.25, 0.3) is 0 Å². The van der Waals surface area contributed by atoms with E-state index in [4.69, 9.17) is 6.42 Å². The molecule has 1 N–H and O–H groups in total. The molecule has 0 saturated carbocycles. The Bertz CT molecular complexity index is 403. The zero-order valence-electron chi connectivity index (χ0n) is 11.3. The Hall–Kier alpha value is -1.75. The number of hydrogen-bond donors (Lipinski definition) is 1. The summed E-state index contributed by atoms with van der Waals surface area (Å²) in [6.07, 6.45) is 12.2. The summed E-state index contributed by atoms with van der Waals surface area (Å²) >= 11 is 0. The van der Waals surface area contributed by atoms with Crippen molar-refractivity contribution < 1.29 is 9.90 Å². The molecule has 1 aromatic rings. The molecule has 0 spiro atoms. The molecule has 0 amide bonds. The van der Waals surface area contributed by atoms with Crippen molar-refractivity contribution in [2.45, 2.75) is 50.9 Å². The second-order valence-electron chi connectivity index (χ2n) is 4.81. The molecule has 2 heteroatoms. The molecule has 0 fully saturated rings. The molecule has 0 aliphatic rings. The van der Waals surface area contributed by atoms with Gasteiger partial charge in [-0.3, -0.25) is 4.79 Å². The van der Waals surface area contributed by atoms with Gasteiger partial charge in [-0.25, -0.2) is 0 Å². The van der Waals surface area contributed by atoms with E-state index in [-0.39, 0.29) is 5.92 Å². The number of aliphatic carboxylic acids is 1. The van der Waals surface area contributed by atoms with E-state index >= 15 is 0 Å². The summed E-state index contributed by atoms with van der Waals surface area (Å²) in [5, 5.41) is 9.28. The molecule has 0 radical (unpaired) electrons. The third-order valence-corrected chi connectivity index (χ3v) is 3.31. The predicted molar refractivity (Wildman–Crippen MR) is 78.0 cm³/mol. The quantitative estimate of drug-likeness (QED) is 0.532. The molecule has 0 bridgehead atoms. The molecule has 1 atom stereocenters. The summed E-state index contributed by atoms with van der Waals surface area (Å²) in [6, 6.07) is 9.49. The normalized spacial score (nSPS) is 11.7. The fourth-order valence-electron chi connectivity index (χ4n) is 2.22. The minimum atomic E-state index is -0.724. The molecular formula is C17H22O2. The van der Waals surface area contributed by atoms with Crippen molar-refractivity contribution in [3.63, 3.8) is 0 Å². The van der Waals surface area contributed by atoms with Gasteiger partial charge in [0.05, 0.1) is 5.92 Å². The van der Waals surface area contributed by atoms with Crippen molar-refractivity contribution in [1.82, 2.24) is 0 Å². The van der Waals surface area contributed by atoms with Crippen molar-refractivity contribution in [2.75, 3.05) is 0 Å². The molecule has 1 unspecified atom stereocenters. The van der Waals surface area contributed by atoms with Crippen LogP contribution in [0.5, 0.6) is 0 Å². The summed E-state index contributed by atoms with van der Waals surface area (Å²) in [5.74, 6) is 1.54. The van der Waals surface area contributed by atoms with Crippen molar-refractivity contribution >= 4 is 5.97 Å². The van der Waals surface area contributed by atoms with Crippen LogP contribution in [0.15, 0.2) is 30.3 Å². The molecule has 0 aromatic heterocycles. The Kier molecular flexibility index (Phi) is 7.43. The lowest BCUT2D eigenvalue weighted by Crippen LogP contribution is -2.11. The van der Waals surface area contributed by atoms with Crippen molar-refractivity contribution in [2.24, 2.45) is 0 Å². The first-order valence-electron chi connectivity index (χ1n) is 6.97. The van der Waals surface area contributed by atoms with E-state index in [0.717, 1.165) is 44.1 Å². The third-order valence-electron chi connectivity index (χ3n) is 3.31. The zero-order valence-corrected chi connectivity index (χ0v) is 11.3. The fraction of sp³-hybridized carbons (Fsp3) is 0.471. The fourth-order valence-corrected chi connectivity index (χ4v) is 2.22. The number of hydrogen-bond acceptors (Lipinski definition) is 1.